The summed E-state index contributed by atoms with van der Waals surface area (Å²) in [5, 5.41) is 7.48. The molecule has 0 saturated heterocycles. The average Bonchev–Trinajstić information content (AvgIpc) is 3.43. The van der Waals surface area contributed by atoms with Gasteiger partial charge in [0.05, 0.1) is 13.2 Å². The number of ether oxygens (including phenoxy) is 2. The Morgan fingerprint density at radius 2 is 1.51 bits per heavy atom. The zero-order chi connectivity index (χ0) is 44.4. The topological polar surface area (TPSA) is 141 Å². The van der Waals surface area contributed by atoms with Crippen LogP contribution in [0.3, 0.4) is 0 Å². The zero-order valence-corrected chi connectivity index (χ0v) is 37.0. The number of carbonyl (C=O) groups is 3. The third kappa shape index (κ3) is 11.8. The van der Waals surface area contributed by atoms with Crippen molar-refractivity contribution in [1.82, 2.24) is 5.32 Å². The van der Waals surface area contributed by atoms with E-state index in [1.807, 2.05) is 42.5 Å². The van der Waals surface area contributed by atoms with Gasteiger partial charge >= 0.3 is 19.8 Å². The Labute approximate surface area is 359 Å². The maximum absolute atomic E-state index is 13.1. The fourth-order valence-electron chi connectivity index (χ4n) is 7.80. The number of fused-ring (bicyclic) bond motifs is 4. The van der Waals surface area contributed by atoms with Gasteiger partial charge in [-0.25, -0.2) is 4.57 Å². The first-order chi connectivity index (χ1) is 28.9. The number of aryl methyl sites for hydroxylation is 1. The van der Waals surface area contributed by atoms with E-state index in [2.05, 4.69) is 124 Å². The van der Waals surface area contributed by atoms with Gasteiger partial charge in [0, 0.05) is 55.6 Å². The highest BCUT2D eigenvalue weighted by Crippen LogP contribution is 2.51. The van der Waals surface area contributed by atoms with Gasteiger partial charge in [0.25, 0.3) is 0 Å². The second-order valence-electron chi connectivity index (χ2n) is 16.0. The number of carbonyl (C=O) groups excluding carboxylic acids is 3. The van der Waals surface area contributed by atoms with Crippen LogP contribution in [0, 0.1) is 6.92 Å². The third-order valence-electron chi connectivity index (χ3n) is 10.8. The van der Waals surface area contributed by atoms with Gasteiger partial charge < -0.3 is 24.6 Å². The third-order valence-corrected chi connectivity index (χ3v) is 11.8. The molecule has 0 spiro atoms. The monoisotopic (exact) mass is 848 g/mol. The van der Waals surface area contributed by atoms with Gasteiger partial charge in [-0.05, 0) is 62.9 Å². The van der Waals surface area contributed by atoms with Gasteiger partial charge in [-0.2, -0.15) is 0 Å². The van der Waals surface area contributed by atoms with E-state index >= 15 is 0 Å². The lowest BCUT2D eigenvalue weighted by Crippen LogP contribution is -2.33. The SMILES string of the molecule is C=C(/C=C/C=C/C=C/C=C1/N(CCC(=O)NCCOP(=O)(O)OCC(COC(C)=O)OC(C)=O)c2ccc3ccccc3c2C1(C)C)C(C)(C)c1c(C)ccc2ccccc12. The maximum atomic E-state index is 13.1. The van der Waals surface area contributed by atoms with E-state index in [4.69, 9.17) is 18.5 Å². The van der Waals surface area contributed by atoms with Crippen LogP contribution in [-0.4, -0.2) is 61.8 Å². The first-order valence-corrected chi connectivity index (χ1v) is 21.8. The minimum atomic E-state index is -4.58. The van der Waals surface area contributed by atoms with E-state index in [0.29, 0.717) is 6.54 Å². The minimum Gasteiger partial charge on any atom is -0.462 e. The van der Waals surface area contributed by atoms with E-state index in [0.717, 1.165) is 34.7 Å². The molecule has 1 aliphatic heterocycles. The van der Waals surface area contributed by atoms with Gasteiger partial charge in [0.1, 0.15) is 6.61 Å². The van der Waals surface area contributed by atoms with Crippen molar-refractivity contribution in [2.24, 2.45) is 0 Å². The quantitative estimate of drug-likeness (QED) is 0.0406. The number of anilines is 1. The van der Waals surface area contributed by atoms with E-state index in [1.165, 1.54) is 34.4 Å². The molecule has 12 heteroatoms. The lowest BCUT2D eigenvalue weighted by Gasteiger charge is -2.29. The van der Waals surface area contributed by atoms with Gasteiger partial charge in [-0.15, -0.1) is 0 Å². The summed E-state index contributed by atoms with van der Waals surface area (Å²) < 4.78 is 32.1. The Kier molecular flexibility index (Phi) is 15.5. The van der Waals surface area contributed by atoms with Gasteiger partial charge in [-0.3, -0.25) is 23.4 Å². The van der Waals surface area contributed by atoms with Crippen LogP contribution in [0.25, 0.3) is 21.5 Å². The van der Waals surface area contributed by atoms with Crippen molar-refractivity contribution in [3.05, 3.63) is 150 Å². The number of amides is 1. The van der Waals surface area contributed by atoms with Gasteiger partial charge in [-0.1, -0.05) is 137 Å². The standard InChI is InChI=1S/C49H57N2O9P/c1-34-24-25-38-19-14-16-21-41(38)46(34)48(5,6)35(2)18-12-10-9-11-13-23-44-49(7,8)47-42-22-17-15-20-39(42)26-27-43(47)51(44)30-28-45(54)50-29-31-58-61(55,56)59-33-40(60-37(4)53)32-57-36(3)52/h9-27,40H,2,28-33H2,1,3-8H3,(H,50,54)(H,55,56)/b10-9+,13-11+,18-12+,44-23+. The number of allylic oxidation sites excluding steroid dienone is 9. The molecule has 1 heterocycles. The van der Waals surface area contributed by atoms with Crippen LogP contribution >= 0.6 is 7.82 Å². The molecule has 1 amide bonds. The van der Waals surface area contributed by atoms with Gasteiger partial charge in [0.2, 0.25) is 5.91 Å². The van der Waals surface area contributed by atoms with Crippen LogP contribution in [0.1, 0.15) is 64.7 Å². The van der Waals surface area contributed by atoms with Crippen LogP contribution in [0.2, 0.25) is 0 Å². The average molecular weight is 849 g/mol. The van der Waals surface area contributed by atoms with Crippen molar-refractivity contribution in [2.45, 2.75) is 71.8 Å². The van der Waals surface area contributed by atoms with Crippen molar-refractivity contribution in [1.29, 1.82) is 0 Å². The zero-order valence-electron chi connectivity index (χ0n) is 36.1. The molecule has 322 valence electrons. The fraction of sp³-hybridized carbons (Fsp3) is 0.327. The summed E-state index contributed by atoms with van der Waals surface area (Å²) in [4.78, 5) is 47.9. The van der Waals surface area contributed by atoms with Crippen molar-refractivity contribution < 1.29 is 42.4 Å². The molecule has 0 saturated carbocycles. The van der Waals surface area contributed by atoms with Crippen molar-refractivity contribution >= 4 is 52.9 Å². The summed E-state index contributed by atoms with van der Waals surface area (Å²) in [5.74, 6) is -1.57. The molecule has 0 radical (unpaired) electrons. The summed E-state index contributed by atoms with van der Waals surface area (Å²) in [6.07, 6.45) is 13.2. The van der Waals surface area contributed by atoms with E-state index in [1.54, 1.807) is 0 Å². The highest BCUT2D eigenvalue weighted by molar-refractivity contribution is 7.47. The van der Waals surface area contributed by atoms with E-state index < -0.39 is 32.5 Å². The summed E-state index contributed by atoms with van der Waals surface area (Å²) in [6, 6.07) is 25.3. The number of rotatable bonds is 19. The molecule has 4 aromatic rings. The van der Waals surface area contributed by atoms with Crippen LogP contribution in [0.4, 0.5) is 5.69 Å². The molecule has 5 rings (SSSR count). The smallest absolute Gasteiger partial charge is 0.462 e. The highest BCUT2D eigenvalue weighted by atomic mass is 31.2. The maximum Gasteiger partial charge on any atom is 0.472 e. The number of hydrogen-bond donors (Lipinski definition) is 2. The second kappa shape index (κ2) is 20.3. The molecular weight excluding hydrogens is 792 g/mol. The summed E-state index contributed by atoms with van der Waals surface area (Å²) in [7, 11) is -4.58. The van der Waals surface area contributed by atoms with Crippen LogP contribution in [0.15, 0.2) is 133 Å². The van der Waals surface area contributed by atoms with Crippen molar-refractivity contribution in [3.63, 3.8) is 0 Å². The Bertz CT molecular complexity index is 2440. The Balaban J connectivity index is 1.22. The lowest BCUT2D eigenvalue weighted by molar-refractivity contribution is -0.158. The molecule has 2 N–H and O–H groups in total. The number of hydrogen-bond acceptors (Lipinski definition) is 9. The molecule has 0 bridgehead atoms. The number of benzene rings is 4. The van der Waals surface area contributed by atoms with E-state index in [-0.39, 0.29) is 42.9 Å². The van der Waals surface area contributed by atoms with Crippen LogP contribution < -0.4 is 10.2 Å². The van der Waals surface area contributed by atoms with E-state index in [9.17, 15) is 23.8 Å². The van der Waals surface area contributed by atoms with Crippen LogP contribution in [-0.2, 0) is 48.3 Å². The second-order valence-corrected chi connectivity index (χ2v) is 17.5. The molecular formula is C49H57N2O9P. The molecule has 61 heavy (non-hydrogen) atoms. The predicted octanol–water partition coefficient (Wildman–Crippen LogP) is 9.62. The first-order valence-electron chi connectivity index (χ1n) is 20.3. The van der Waals surface area contributed by atoms with Crippen molar-refractivity contribution in [3.8, 4) is 0 Å². The Morgan fingerprint density at radius 3 is 2.21 bits per heavy atom. The Morgan fingerprint density at radius 1 is 0.869 bits per heavy atom. The molecule has 1 aliphatic rings. The van der Waals surface area contributed by atoms with Crippen molar-refractivity contribution in [2.75, 3.05) is 37.8 Å². The summed E-state index contributed by atoms with van der Waals surface area (Å²) in [6.45, 7) is 16.9. The van der Waals surface area contributed by atoms with Crippen LogP contribution in [0.5, 0.6) is 0 Å². The lowest BCUT2D eigenvalue weighted by atomic mass is 9.74. The minimum absolute atomic E-state index is 0.0554. The number of esters is 2. The number of nitrogens with zero attached hydrogens (tertiary/aromatic N) is 1. The largest absolute Gasteiger partial charge is 0.472 e. The molecule has 0 aromatic heterocycles. The number of phosphoric ester groups is 1. The molecule has 2 atom stereocenters. The predicted molar refractivity (Wildman–Crippen MR) is 242 cm³/mol. The summed E-state index contributed by atoms with van der Waals surface area (Å²) >= 11 is 0. The highest BCUT2D eigenvalue weighted by Gasteiger charge is 2.41. The van der Waals surface area contributed by atoms with Gasteiger partial charge in [0.15, 0.2) is 6.10 Å². The molecule has 0 aliphatic carbocycles. The number of nitrogens with one attached hydrogen (secondary N) is 1. The normalized spacial score (nSPS) is 16.1. The molecule has 2 unspecified atom stereocenters. The summed E-state index contributed by atoms with van der Waals surface area (Å²) in [5.41, 5.74) is 6.12. The molecule has 11 nitrogen and oxygen atoms in total. The number of phosphoric acid groups is 1. The molecule has 4 aromatic carbocycles. The first kappa shape index (κ1) is 46.5. The molecule has 0 fully saturated rings. The Hall–Kier alpha value is -5.58. The fourth-order valence-corrected chi connectivity index (χ4v) is 8.55.